The van der Waals surface area contributed by atoms with Gasteiger partial charge in [-0.1, -0.05) is 18.2 Å². The molecule has 0 aliphatic heterocycles. The summed E-state index contributed by atoms with van der Waals surface area (Å²) in [5.41, 5.74) is 1.58. The smallest absolute Gasteiger partial charge is 0.247 e. The molecule has 126 valence electrons. The van der Waals surface area contributed by atoms with E-state index in [4.69, 9.17) is 4.42 Å². The lowest BCUT2D eigenvalue weighted by atomic mass is 10.2. The van der Waals surface area contributed by atoms with E-state index >= 15 is 0 Å². The van der Waals surface area contributed by atoms with Gasteiger partial charge in [0.25, 0.3) is 0 Å². The van der Waals surface area contributed by atoms with E-state index in [1.807, 2.05) is 43.3 Å². The van der Waals surface area contributed by atoms with Crippen LogP contribution in [0.2, 0.25) is 0 Å². The molecule has 3 heterocycles. The van der Waals surface area contributed by atoms with Crippen LogP contribution in [0.25, 0.3) is 22.4 Å². The molecule has 0 saturated carbocycles. The number of aryl methyl sites for hydroxylation is 2. The highest BCUT2D eigenvalue weighted by molar-refractivity contribution is 5.94. The van der Waals surface area contributed by atoms with E-state index in [0.29, 0.717) is 11.6 Å². The number of para-hydroxylation sites is 1. The van der Waals surface area contributed by atoms with Gasteiger partial charge in [-0.25, -0.2) is 0 Å². The molecule has 1 N–H and O–H groups in total. The molecule has 4 aromatic rings. The van der Waals surface area contributed by atoms with Crippen molar-refractivity contribution >= 4 is 22.6 Å². The monoisotopic (exact) mass is 336 g/mol. The Morgan fingerprint density at radius 1 is 1.20 bits per heavy atom. The Morgan fingerprint density at radius 2 is 2.04 bits per heavy atom. The predicted molar refractivity (Wildman–Crippen MR) is 91.8 cm³/mol. The van der Waals surface area contributed by atoms with Gasteiger partial charge in [0, 0.05) is 12.4 Å². The number of benzene rings is 1. The number of amides is 1. The third kappa shape index (κ3) is 2.89. The summed E-state index contributed by atoms with van der Waals surface area (Å²) in [4.78, 5) is 13.7. The van der Waals surface area contributed by atoms with Crippen molar-refractivity contribution in [2.45, 2.75) is 13.5 Å². The molecule has 25 heavy (non-hydrogen) atoms. The molecule has 3 aromatic heterocycles. The molecule has 0 saturated heterocycles. The summed E-state index contributed by atoms with van der Waals surface area (Å²) < 4.78 is 7.36. The van der Waals surface area contributed by atoms with Gasteiger partial charge in [-0.05, 0) is 25.1 Å². The highest BCUT2D eigenvalue weighted by atomic mass is 16.3. The number of rotatable bonds is 4. The lowest BCUT2D eigenvalue weighted by molar-refractivity contribution is -0.116. The van der Waals surface area contributed by atoms with E-state index in [1.165, 1.54) is 11.0 Å². The van der Waals surface area contributed by atoms with Crippen LogP contribution in [0.4, 0.5) is 5.82 Å². The molecule has 8 nitrogen and oxygen atoms in total. The van der Waals surface area contributed by atoms with Gasteiger partial charge in [-0.2, -0.15) is 15.0 Å². The Labute approximate surface area is 143 Å². The highest BCUT2D eigenvalue weighted by Gasteiger charge is 2.16. The largest absolute Gasteiger partial charge is 0.460 e. The Bertz CT molecular complexity index is 1060. The number of carbonyl (C=O) groups is 1. The standard InChI is InChI=1S/C17H16N6O2/c1-11-7-8-14(25-11)17-12-5-3-4-6-13(12)23(21-17)10-16(24)19-15-9-18-22(2)20-15/h3-9H,10H2,1-2H3,(H,19,20,24). The Hall–Kier alpha value is -3.42. The second kappa shape index (κ2) is 5.90. The number of carbonyl (C=O) groups excluding carboxylic acids is 1. The molecule has 0 aliphatic carbocycles. The van der Waals surface area contributed by atoms with Gasteiger partial charge in [-0.15, -0.1) is 5.10 Å². The summed E-state index contributed by atoms with van der Waals surface area (Å²) in [6.07, 6.45) is 1.50. The van der Waals surface area contributed by atoms with Crippen LogP contribution in [0.5, 0.6) is 0 Å². The average molecular weight is 336 g/mol. The van der Waals surface area contributed by atoms with Crippen molar-refractivity contribution < 1.29 is 9.21 Å². The van der Waals surface area contributed by atoms with Crippen LogP contribution < -0.4 is 5.32 Å². The summed E-state index contributed by atoms with van der Waals surface area (Å²) in [5.74, 6) is 1.68. The van der Waals surface area contributed by atoms with E-state index < -0.39 is 0 Å². The van der Waals surface area contributed by atoms with Gasteiger partial charge in [0.1, 0.15) is 18.0 Å². The molecule has 8 heteroatoms. The van der Waals surface area contributed by atoms with Crippen molar-refractivity contribution in [3.05, 3.63) is 48.4 Å². The van der Waals surface area contributed by atoms with Gasteiger partial charge in [0.15, 0.2) is 11.6 Å². The Morgan fingerprint density at radius 3 is 2.76 bits per heavy atom. The zero-order valence-corrected chi connectivity index (χ0v) is 13.8. The second-order valence-electron chi connectivity index (χ2n) is 5.70. The molecule has 0 fully saturated rings. The SMILES string of the molecule is Cc1ccc(-c2nn(CC(=O)Nc3cnn(C)n3)c3ccccc23)o1. The van der Waals surface area contributed by atoms with Crippen LogP contribution in [0.15, 0.2) is 47.0 Å². The minimum absolute atomic E-state index is 0.0662. The minimum atomic E-state index is -0.226. The molecular weight excluding hydrogens is 320 g/mol. The molecule has 0 aliphatic rings. The van der Waals surface area contributed by atoms with Crippen molar-refractivity contribution in [2.24, 2.45) is 7.05 Å². The van der Waals surface area contributed by atoms with Gasteiger partial charge in [0.2, 0.25) is 5.91 Å². The summed E-state index contributed by atoms with van der Waals surface area (Å²) in [5, 5.41) is 16.2. The first kappa shape index (κ1) is 15.1. The topological polar surface area (TPSA) is 90.8 Å². The van der Waals surface area contributed by atoms with Gasteiger partial charge >= 0.3 is 0 Å². The third-order valence-corrected chi connectivity index (χ3v) is 3.79. The zero-order valence-electron chi connectivity index (χ0n) is 13.8. The minimum Gasteiger partial charge on any atom is -0.460 e. The summed E-state index contributed by atoms with van der Waals surface area (Å²) in [7, 11) is 1.69. The van der Waals surface area contributed by atoms with Crippen molar-refractivity contribution in [2.75, 3.05) is 5.32 Å². The van der Waals surface area contributed by atoms with E-state index in [0.717, 1.165) is 22.4 Å². The molecule has 1 aromatic carbocycles. The molecule has 1 amide bonds. The van der Waals surface area contributed by atoms with Crippen LogP contribution >= 0.6 is 0 Å². The summed E-state index contributed by atoms with van der Waals surface area (Å²) in [6, 6.07) is 11.5. The summed E-state index contributed by atoms with van der Waals surface area (Å²) >= 11 is 0. The number of furan rings is 1. The second-order valence-corrected chi connectivity index (χ2v) is 5.70. The normalized spacial score (nSPS) is 11.1. The summed E-state index contributed by atoms with van der Waals surface area (Å²) in [6.45, 7) is 1.95. The van der Waals surface area contributed by atoms with Crippen LogP contribution in [-0.2, 0) is 18.4 Å². The van der Waals surface area contributed by atoms with Gasteiger partial charge in [-0.3, -0.25) is 9.48 Å². The molecule has 4 rings (SSSR count). The Balaban J connectivity index is 1.66. The predicted octanol–water partition coefficient (Wildman–Crippen LogP) is 2.37. The van der Waals surface area contributed by atoms with Crippen molar-refractivity contribution in [3.63, 3.8) is 0 Å². The van der Waals surface area contributed by atoms with Crippen LogP contribution in [0, 0.1) is 6.92 Å². The van der Waals surface area contributed by atoms with Gasteiger partial charge < -0.3 is 9.73 Å². The molecule has 0 spiro atoms. The fourth-order valence-electron chi connectivity index (χ4n) is 2.71. The maximum absolute atomic E-state index is 12.3. The number of nitrogens with one attached hydrogen (secondary N) is 1. The number of hydrogen-bond acceptors (Lipinski definition) is 5. The van der Waals surface area contributed by atoms with Crippen molar-refractivity contribution in [1.29, 1.82) is 0 Å². The first-order valence-electron chi connectivity index (χ1n) is 7.79. The van der Waals surface area contributed by atoms with Crippen molar-refractivity contribution in [3.8, 4) is 11.5 Å². The maximum atomic E-state index is 12.3. The van der Waals surface area contributed by atoms with Crippen LogP contribution in [-0.4, -0.2) is 30.7 Å². The van der Waals surface area contributed by atoms with E-state index in [9.17, 15) is 4.79 Å². The molecular formula is C17H16N6O2. The fourth-order valence-corrected chi connectivity index (χ4v) is 2.71. The molecule has 0 radical (unpaired) electrons. The molecule has 0 bridgehead atoms. The third-order valence-electron chi connectivity index (χ3n) is 3.79. The van der Waals surface area contributed by atoms with E-state index in [-0.39, 0.29) is 12.5 Å². The number of anilines is 1. The number of fused-ring (bicyclic) bond motifs is 1. The maximum Gasteiger partial charge on any atom is 0.247 e. The van der Waals surface area contributed by atoms with Gasteiger partial charge in [0.05, 0.1) is 11.7 Å². The van der Waals surface area contributed by atoms with Crippen LogP contribution in [0.1, 0.15) is 5.76 Å². The number of hydrogen-bond donors (Lipinski definition) is 1. The molecule has 0 unspecified atom stereocenters. The van der Waals surface area contributed by atoms with Crippen molar-refractivity contribution in [1.82, 2.24) is 24.8 Å². The number of aromatic nitrogens is 5. The fraction of sp³-hybridized carbons (Fsp3) is 0.176. The van der Waals surface area contributed by atoms with Crippen LogP contribution in [0.3, 0.4) is 0 Å². The average Bonchev–Trinajstić information content (AvgIpc) is 3.28. The first-order chi connectivity index (χ1) is 12.1. The molecule has 0 atom stereocenters. The first-order valence-corrected chi connectivity index (χ1v) is 7.79. The zero-order chi connectivity index (χ0) is 17.4. The van der Waals surface area contributed by atoms with E-state index in [1.54, 1.807) is 11.7 Å². The quantitative estimate of drug-likeness (QED) is 0.618. The lowest BCUT2D eigenvalue weighted by Gasteiger charge is -2.03. The number of nitrogens with zero attached hydrogens (tertiary/aromatic N) is 5. The lowest BCUT2D eigenvalue weighted by Crippen LogP contribution is -2.19. The Kier molecular flexibility index (Phi) is 3.57. The highest BCUT2D eigenvalue weighted by Crippen LogP contribution is 2.29. The van der Waals surface area contributed by atoms with E-state index in [2.05, 4.69) is 20.6 Å².